The molecule has 0 spiro atoms. The number of pyridine rings is 1. The lowest BCUT2D eigenvalue weighted by Crippen LogP contribution is -2.32. The summed E-state index contributed by atoms with van der Waals surface area (Å²) in [7, 11) is 1.52. The fraction of sp³-hybridized carbons (Fsp3) is 0.304. The molecule has 0 bridgehead atoms. The highest BCUT2D eigenvalue weighted by Gasteiger charge is 2.21. The molecule has 156 valence electrons. The first kappa shape index (κ1) is 21.5. The number of hydrogen-bond donors (Lipinski definition) is 0. The Labute approximate surface area is 174 Å². The molecule has 0 aliphatic heterocycles. The Morgan fingerprint density at radius 1 is 1.10 bits per heavy atom. The zero-order valence-corrected chi connectivity index (χ0v) is 17.1. The first-order chi connectivity index (χ1) is 14.5. The Hall–Kier alpha value is -3.21. The summed E-state index contributed by atoms with van der Waals surface area (Å²) in [6.07, 6.45) is -0.694. The van der Waals surface area contributed by atoms with Crippen LogP contribution in [0.1, 0.15) is 19.5 Å². The number of rotatable bonds is 8. The second-order valence-corrected chi connectivity index (χ2v) is 6.51. The van der Waals surface area contributed by atoms with Gasteiger partial charge in [0.15, 0.2) is 6.29 Å². The Balaban J connectivity index is 2.36. The van der Waals surface area contributed by atoms with Gasteiger partial charge in [-0.2, -0.15) is 5.26 Å². The number of aromatic nitrogens is 1. The minimum Gasteiger partial charge on any atom is -0.497 e. The van der Waals surface area contributed by atoms with Crippen LogP contribution in [-0.4, -0.2) is 31.2 Å². The second-order valence-electron chi connectivity index (χ2n) is 6.51. The third-order valence-corrected chi connectivity index (χ3v) is 4.73. The van der Waals surface area contributed by atoms with Crippen molar-refractivity contribution in [2.24, 2.45) is 0 Å². The van der Waals surface area contributed by atoms with Crippen molar-refractivity contribution in [1.82, 2.24) is 4.57 Å². The Morgan fingerprint density at radius 3 is 2.43 bits per heavy atom. The van der Waals surface area contributed by atoms with Crippen LogP contribution in [0, 0.1) is 17.1 Å². The molecule has 1 aromatic heterocycles. The van der Waals surface area contributed by atoms with Crippen LogP contribution in [0.5, 0.6) is 5.75 Å². The van der Waals surface area contributed by atoms with E-state index in [9.17, 15) is 14.4 Å². The molecule has 3 aromatic rings. The molecule has 7 heteroatoms. The van der Waals surface area contributed by atoms with Crippen LogP contribution in [-0.2, 0) is 16.0 Å². The Kier molecular flexibility index (Phi) is 6.83. The van der Waals surface area contributed by atoms with Gasteiger partial charge in [-0.05, 0) is 49.7 Å². The summed E-state index contributed by atoms with van der Waals surface area (Å²) >= 11 is 0. The van der Waals surface area contributed by atoms with Crippen LogP contribution in [0.2, 0.25) is 0 Å². The maximum Gasteiger partial charge on any atom is 0.259 e. The van der Waals surface area contributed by atoms with Crippen LogP contribution in [0.15, 0.2) is 47.3 Å². The van der Waals surface area contributed by atoms with E-state index in [2.05, 4.69) is 6.07 Å². The third-order valence-electron chi connectivity index (χ3n) is 4.73. The van der Waals surface area contributed by atoms with E-state index in [0.717, 1.165) is 0 Å². The van der Waals surface area contributed by atoms with E-state index in [1.165, 1.54) is 23.8 Å². The molecule has 0 aliphatic carbocycles. The van der Waals surface area contributed by atoms with Crippen LogP contribution in [0.3, 0.4) is 0 Å². The van der Waals surface area contributed by atoms with Gasteiger partial charge in [-0.25, -0.2) is 4.39 Å². The summed E-state index contributed by atoms with van der Waals surface area (Å²) in [5.74, 6) is 0.0920. The van der Waals surface area contributed by atoms with Crippen molar-refractivity contribution in [3.05, 3.63) is 64.3 Å². The molecule has 0 N–H and O–H groups in total. The highest BCUT2D eigenvalue weighted by atomic mass is 19.1. The first-order valence-corrected chi connectivity index (χ1v) is 9.67. The van der Waals surface area contributed by atoms with Crippen molar-refractivity contribution in [1.29, 1.82) is 5.26 Å². The molecule has 3 rings (SSSR count). The maximum absolute atomic E-state index is 14.0. The number of methoxy groups -OCH3 is 1. The smallest absolute Gasteiger partial charge is 0.259 e. The molecule has 6 nitrogen and oxygen atoms in total. The van der Waals surface area contributed by atoms with Gasteiger partial charge in [0.1, 0.15) is 23.3 Å². The largest absolute Gasteiger partial charge is 0.497 e. The van der Waals surface area contributed by atoms with Crippen LogP contribution >= 0.6 is 0 Å². The number of benzene rings is 2. The average Bonchev–Trinajstić information content (AvgIpc) is 2.75. The van der Waals surface area contributed by atoms with Gasteiger partial charge in [0, 0.05) is 29.5 Å². The molecule has 2 aromatic carbocycles. The molecule has 0 amide bonds. The predicted octanol–water partition coefficient (Wildman–Crippen LogP) is 4.09. The monoisotopic (exact) mass is 410 g/mol. The second kappa shape index (κ2) is 9.53. The fourth-order valence-corrected chi connectivity index (χ4v) is 3.45. The van der Waals surface area contributed by atoms with Crippen molar-refractivity contribution >= 4 is 10.8 Å². The van der Waals surface area contributed by atoms with Gasteiger partial charge in [0.2, 0.25) is 0 Å². The van der Waals surface area contributed by atoms with Gasteiger partial charge in [-0.1, -0.05) is 12.1 Å². The molecule has 30 heavy (non-hydrogen) atoms. The van der Waals surface area contributed by atoms with E-state index >= 15 is 0 Å². The lowest BCUT2D eigenvalue weighted by atomic mass is 9.96. The normalized spacial score (nSPS) is 11.1. The molecular formula is C23H23FN2O4. The minimum atomic E-state index is -0.694. The molecular weight excluding hydrogens is 387 g/mol. The van der Waals surface area contributed by atoms with Crippen molar-refractivity contribution in [2.45, 2.75) is 26.7 Å². The van der Waals surface area contributed by atoms with Crippen molar-refractivity contribution in [3.63, 3.8) is 0 Å². The topological polar surface area (TPSA) is 73.5 Å². The molecule has 0 unspecified atom stereocenters. The van der Waals surface area contributed by atoms with Gasteiger partial charge in [-0.15, -0.1) is 0 Å². The fourth-order valence-electron chi connectivity index (χ4n) is 3.45. The van der Waals surface area contributed by atoms with E-state index in [1.807, 2.05) is 13.8 Å². The average molecular weight is 410 g/mol. The standard InChI is InChI=1S/C23H23FN2O4/c1-4-29-21(30-5-2)14-26-20(13-25)22(15-7-6-8-16(24)11-15)19-12-17(28-3)9-10-18(19)23(26)27/h6-12,21H,4-5,14H2,1-3H3. The predicted molar refractivity (Wildman–Crippen MR) is 112 cm³/mol. The van der Waals surface area contributed by atoms with E-state index in [0.29, 0.717) is 40.9 Å². The lowest BCUT2D eigenvalue weighted by molar-refractivity contribution is -0.143. The van der Waals surface area contributed by atoms with Crippen LogP contribution in [0.25, 0.3) is 21.9 Å². The highest BCUT2D eigenvalue weighted by Crippen LogP contribution is 2.33. The first-order valence-electron chi connectivity index (χ1n) is 9.67. The number of halogens is 1. The zero-order chi connectivity index (χ0) is 21.7. The molecule has 0 fully saturated rings. The van der Waals surface area contributed by atoms with Gasteiger partial charge >= 0.3 is 0 Å². The summed E-state index contributed by atoms with van der Waals surface area (Å²) in [6.45, 7) is 4.47. The van der Waals surface area contributed by atoms with Gasteiger partial charge in [0.25, 0.3) is 5.56 Å². The SMILES string of the molecule is CCOC(Cn1c(C#N)c(-c2cccc(F)c2)c2cc(OC)ccc2c1=O)OCC. The van der Waals surface area contributed by atoms with Gasteiger partial charge in [0.05, 0.1) is 13.7 Å². The summed E-state index contributed by atoms with van der Waals surface area (Å²) in [5, 5.41) is 10.9. The number of fused-ring (bicyclic) bond motifs is 1. The third kappa shape index (κ3) is 4.20. The Bertz CT molecular complexity index is 1140. The van der Waals surface area contributed by atoms with Crippen molar-refractivity contribution in [3.8, 4) is 22.9 Å². The zero-order valence-electron chi connectivity index (χ0n) is 17.1. The summed E-state index contributed by atoms with van der Waals surface area (Å²) in [5.41, 5.74) is 0.699. The van der Waals surface area contributed by atoms with Crippen molar-refractivity contribution in [2.75, 3.05) is 20.3 Å². The van der Waals surface area contributed by atoms with Crippen molar-refractivity contribution < 1.29 is 18.6 Å². The lowest BCUT2D eigenvalue weighted by Gasteiger charge is -2.21. The van der Waals surface area contributed by atoms with E-state index in [-0.39, 0.29) is 17.8 Å². The summed E-state index contributed by atoms with van der Waals surface area (Å²) < 4.78 is 31.8. The molecule has 0 saturated carbocycles. The van der Waals surface area contributed by atoms with Crippen LogP contribution < -0.4 is 10.3 Å². The molecule has 0 aliphatic rings. The minimum absolute atomic E-state index is 0.0354. The molecule has 0 atom stereocenters. The van der Waals surface area contributed by atoms with E-state index in [1.54, 1.807) is 30.3 Å². The highest BCUT2D eigenvalue weighted by molar-refractivity contribution is 5.99. The van der Waals surface area contributed by atoms with Gasteiger partial charge in [-0.3, -0.25) is 9.36 Å². The van der Waals surface area contributed by atoms with E-state index in [4.69, 9.17) is 14.2 Å². The summed E-state index contributed by atoms with van der Waals surface area (Å²) in [4.78, 5) is 13.3. The van der Waals surface area contributed by atoms with Crippen LogP contribution in [0.4, 0.5) is 4.39 Å². The summed E-state index contributed by atoms with van der Waals surface area (Å²) in [6, 6.07) is 13.1. The quantitative estimate of drug-likeness (QED) is 0.523. The number of ether oxygens (including phenoxy) is 3. The van der Waals surface area contributed by atoms with E-state index < -0.39 is 12.1 Å². The number of nitrogens with zero attached hydrogens (tertiary/aromatic N) is 2. The maximum atomic E-state index is 14.0. The molecule has 0 radical (unpaired) electrons. The molecule has 0 saturated heterocycles. The van der Waals surface area contributed by atoms with Gasteiger partial charge < -0.3 is 14.2 Å². The Morgan fingerprint density at radius 2 is 1.83 bits per heavy atom. The number of hydrogen-bond acceptors (Lipinski definition) is 5. The number of nitriles is 1. The molecule has 1 heterocycles.